The molecule has 28 heavy (non-hydrogen) atoms. The van der Waals surface area contributed by atoms with Crippen LogP contribution in [0.25, 0.3) is 0 Å². The van der Waals surface area contributed by atoms with Gasteiger partial charge in [-0.1, -0.05) is 32.5 Å². The molecule has 0 unspecified atom stereocenters. The Morgan fingerprint density at radius 1 is 1.18 bits per heavy atom. The Hall–Kier alpha value is -2.87. The van der Waals surface area contributed by atoms with Crippen molar-refractivity contribution in [1.29, 1.82) is 0 Å². The van der Waals surface area contributed by atoms with E-state index in [-0.39, 0.29) is 17.4 Å². The summed E-state index contributed by atoms with van der Waals surface area (Å²) in [7, 11) is 0. The lowest BCUT2D eigenvalue weighted by atomic mass is 9.95. The predicted molar refractivity (Wildman–Crippen MR) is 107 cm³/mol. The van der Waals surface area contributed by atoms with Crippen molar-refractivity contribution in [3.63, 3.8) is 0 Å². The van der Waals surface area contributed by atoms with Crippen LogP contribution in [0, 0.1) is 5.41 Å². The maximum absolute atomic E-state index is 12.5. The zero-order chi connectivity index (χ0) is 20.1. The quantitative estimate of drug-likeness (QED) is 0.480. The first-order valence-corrected chi connectivity index (χ1v) is 9.79. The van der Waals surface area contributed by atoms with Crippen LogP contribution in [0.3, 0.4) is 0 Å². The summed E-state index contributed by atoms with van der Waals surface area (Å²) in [6.45, 7) is 6.06. The van der Waals surface area contributed by atoms with Gasteiger partial charge in [-0.25, -0.2) is 0 Å². The van der Waals surface area contributed by atoms with Crippen LogP contribution < -0.4 is 5.32 Å². The average Bonchev–Trinajstić information content (AvgIpc) is 3.32. The lowest BCUT2D eigenvalue weighted by molar-refractivity contribution is -0.123. The largest absolute Gasteiger partial charge is 0.467 e. The molecule has 0 saturated heterocycles. The molecular formula is C20H22N4O3S. The van der Waals surface area contributed by atoms with Crippen molar-refractivity contribution in [3.05, 3.63) is 60.3 Å². The highest BCUT2D eigenvalue weighted by molar-refractivity contribution is 7.99. The monoisotopic (exact) mass is 398 g/mol. The van der Waals surface area contributed by atoms with Gasteiger partial charge < -0.3 is 14.3 Å². The first-order valence-electron chi connectivity index (χ1n) is 8.80. The van der Waals surface area contributed by atoms with Crippen LogP contribution >= 0.6 is 11.8 Å². The number of thioether (sulfide) groups is 1. The zero-order valence-electron chi connectivity index (χ0n) is 16.0. The van der Waals surface area contributed by atoms with E-state index in [0.29, 0.717) is 23.0 Å². The van der Waals surface area contributed by atoms with Crippen LogP contribution in [0.15, 0.2) is 58.6 Å². The van der Waals surface area contributed by atoms with Crippen molar-refractivity contribution in [1.82, 2.24) is 14.8 Å². The number of Topliss-reactive ketones (excluding diaryl/α,β-unsaturated/α-hetero) is 1. The Labute approximate surface area is 167 Å². The molecular weight excluding hydrogens is 376 g/mol. The molecule has 7 nitrogen and oxygen atoms in total. The van der Waals surface area contributed by atoms with Gasteiger partial charge in [-0.05, 0) is 36.4 Å². The molecule has 8 heteroatoms. The van der Waals surface area contributed by atoms with Crippen molar-refractivity contribution in [2.24, 2.45) is 5.41 Å². The van der Waals surface area contributed by atoms with E-state index in [0.717, 1.165) is 5.76 Å². The van der Waals surface area contributed by atoms with Crippen molar-refractivity contribution in [3.8, 4) is 0 Å². The second-order valence-electron chi connectivity index (χ2n) is 7.31. The Bertz CT molecular complexity index is 941. The van der Waals surface area contributed by atoms with Crippen molar-refractivity contribution in [2.75, 3.05) is 11.1 Å². The number of amides is 1. The molecule has 1 N–H and O–H groups in total. The third kappa shape index (κ3) is 5.10. The number of rotatable bonds is 7. The number of hydrogen-bond donors (Lipinski definition) is 1. The Kier molecular flexibility index (Phi) is 5.99. The molecule has 0 aliphatic carbocycles. The molecule has 1 amide bonds. The number of anilines is 1. The zero-order valence-corrected chi connectivity index (χ0v) is 16.8. The van der Waals surface area contributed by atoms with Gasteiger partial charge in [0.25, 0.3) is 0 Å². The fourth-order valence-corrected chi connectivity index (χ4v) is 3.12. The van der Waals surface area contributed by atoms with E-state index in [9.17, 15) is 9.59 Å². The van der Waals surface area contributed by atoms with Crippen LogP contribution in [0.1, 0.15) is 36.9 Å². The summed E-state index contributed by atoms with van der Waals surface area (Å²) in [6, 6.07) is 10.6. The second-order valence-corrected chi connectivity index (χ2v) is 8.26. The minimum Gasteiger partial charge on any atom is -0.467 e. The molecule has 0 saturated carbocycles. The highest BCUT2D eigenvalue weighted by Crippen LogP contribution is 2.20. The van der Waals surface area contributed by atoms with E-state index >= 15 is 0 Å². The first-order chi connectivity index (χ1) is 13.3. The molecule has 2 aromatic heterocycles. The Morgan fingerprint density at radius 3 is 2.57 bits per heavy atom. The first kappa shape index (κ1) is 19.9. The molecule has 146 valence electrons. The maximum Gasteiger partial charge on any atom is 0.229 e. The van der Waals surface area contributed by atoms with Gasteiger partial charge in [-0.3, -0.25) is 9.59 Å². The van der Waals surface area contributed by atoms with Crippen LogP contribution in [0.4, 0.5) is 5.69 Å². The third-order valence-electron chi connectivity index (χ3n) is 3.96. The van der Waals surface area contributed by atoms with Crippen molar-refractivity contribution >= 4 is 29.1 Å². The van der Waals surface area contributed by atoms with Gasteiger partial charge in [-0.15, -0.1) is 10.2 Å². The molecule has 0 spiro atoms. The van der Waals surface area contributed by atoms with Crippen molar-refractivity contribution in [2.45, 2.75) is 32.5 Å². The molecule has 0 fully saturated rings. The lowest BCUT2D eigenvalue weighted by Crippen LogP contribution is -2.27. The molecule has 1 aromatic carbocycles. The Morgan fingerprint density at radius 2 is 1.93 bits per heavy atom. The van der Waals surface area contributed by atoms with Crippen LogP contribution in [-0.2, 0) is 11.3 Å². The molecule has 3 aromatic rings. The van der Waals surface area contributed by atoms with Gasteiger partial charge >= 0.3 is 0 Å². The van der Waals surface area contributed by atoms with E-state index in [1.165, 1.54) is 11.8 Å². The predicted octanol–water partition coefficient (Wildman–Crippen LogP) is 3.88. The molecule has 0 aliphatic rings. The van der Waals surface area contributed by atoms with E-state index in [1.807, 2.05) is 37.5 Å². The second kappa shape index (κ2) is 8.43. The molecule has 2 heterocycles. The van der Waals surface area contributed by atoms with Gasteiger partial charge in [0.15, 0.2) is 10.9 Å². The van der Waals surface area contributed by atoms with Crippen LogP contribution in [0.2, 0.25) is 0 Å². The summed E-state index contributed by atoms with van der Waals surface area (Å²) in [6.07, 6.45) is 3.23. The Balaban J connectivity index is 1.57. The van der Waals surface area contributed by atoms with Gasteiger partial charge in [0.05, 0.1) is 18.6 Å². The van der Waals surface area contributed by atoms with Crippen LogP contribution in [0.5, 0.6) is 0 Å². The van der Waals surface area contributed by atoms with Gasteiger partial charge in [0, 0.05) is 16.7 Å². The lowest BCUT2D eigenvalue weighted by Gasteiger charge is -2.17. The molecule has 0 atom stereocenters. The van der Waals surface area contributed by atoms with E-state index in [4.69, 9.17) is 4.42 Å². The molecule has 0 radical (unpaired) electrons. The average molecular weight is 398 g/mol. The number of nitrogens with one attached hydrogen (secondary N) is 1. The summed E-state index contributed by atoms with van der Waals surface area (Å²) in [4.78, 5) is 24.5. The highest BCUT2D eigenvalue weighted by atomic mass is 32.2. The normalized spacial score (nSPS) is 11.4. The fourth-order valence-electron chi connectivity index (χ4n) is 2.31. The van der Waals surface area contributed by atoms with E-state index in [2.05, 4.69) is 15.5 Å². The minimum atomic E-state index is -0.475. The van der Waals surface area contributed by atoms with Gasteiger partial charge in [0.2, 0.25) is 5.91 Å². The number of carbonyl (C=O) groups is 2. The van der Waals surface area contributed by atoms with Gasteiger partial charge in [-0.2, -0.15) is 0 Å². The highest BCUT2D eigenvalue weighted by Gasteiger charge is 2.21. The van der Waals surface area contributed by atoms with Gasteiger partial charge in [0.1, 0.15) is 12.1 Å². The number of ketones is 1. The third-order valence-corrected chi connectivity index (χ3v) is 4.95. The van der Waals surface area contributed by atoms with E-state index in [1.54, 1.807) is 36.9 Å². The number of furan rings is 1. The number of hydrogen-bond acceptors (Lipinski definition) is 6. The summed E-state index contributed by atoms with van der Waals surface area (Å²) in [5.74, 6) is 0.940. The van der Waals surface area contributed by atoms with E-state index < -0.39 is 5.41 Å². The SMILES string of the molecule is CC(C)(C)C(=O)Nc1ccc(C(=O)CSc2nncn2Cc2ccco2)cc1. The minimum absolute atomic E-state index is 0.0220. The van der Waals surface area contributed by atoms with Crippen molar-refractivity contribution < 1.29 is 14.0 Å². The van der Waals surface area contributed by atoms with Crippen LogP contribution in [-0.4, -0.2) is 32.2 Å². The summed E-state index contributed by atoms with van der Waals surface area (Å²) in [5, 5.41) is 11.5. The molecule has 3 rings (SSSR count). The fraction of sp³-hybridized carbons (Fsp3) is 0.300. The smallest absolute Gasteiger partial charge is 0.229 e. The summed E-state index contributed by atoms with van der Waals surface area (Å²) >= 11 is 1.33. The topological polar surface area (TPSA) is 90.0 Å². The summed E-state index contributed by atoms with van der Waals surface area (Å²) < 4.78 is 7.17. The number of benzene rings is 1. The maximum atomic E-state index is 12.5. The number of carbonyl (C=O) groups excluding carboxylic acids is 2. The molecule has 0 bridgehead atoms. The molecule has 0 aliphatic heterocycles. The number of aromatic nitrogens is 3. The number of nitrogens with zero attached hydrogens (tertiary/aromatic N) is 3. The summed E-state index contributed by atoms with van der Waals surface area (Å²) in [5.41, 5.74) is 0.775. The standard InChI is InChI=1S/C20H22N4O3S/c1-20(2,3)18(26)22-15-8-6-14(7-9-15)17(25)12-28-19-23-21-13-24(19)11-16-5-4-10-27-16/h4-10,13H,11-12H2,1-3H3,(H,22,26).